The van der Waals surface area contributed by atoms with Gasteiger partial charge in [0.25, 0.3) is 0 Å². The van der Waals surface area contributed by atoms with Crippen molar-refractivity contribution in [2.45, 2.75) is 12.3 Å². The Morgan fingerprint density at radius 3 is 2.33 bits per heavy atom. The van der Waals surface area contributed by atoms with Gasteiger partial charge in [0.05, 0.1) is 10.4 Å². The largest absolute Gasteiger partial charge is 0.204 e. The van der Waals surface area contributed by atoms with Gasteiger partial charge in [0.2, 0.25) is 0 Å². The lowest BCUT2D eigenvalue weighted by Gasteiger charge is -2.11. The summed E-state index contributed by atoms with van der Waals surface area (Å²) in [5, 5.41) is 1.76. The predicted octanol–water partition coefficient (Wildman–Crippen LogP) is 5.97. The highest BCUT2D eigenvalue weighted by Crippen LogP contribution is 2.42. The standard InChI is InChI=1S/C12H7Cl3F2S/c1-5-4-18-12(10(5)14)11(15)6-2-8(16)9(17)3-7(6)13/h2-4,11H,1H3. The highest BCUT2D eigenvalue weighted by molar-refractivity contribution is 7.11. The average Bonchev–Trinajstić information content (AvgIpc) is 2.64. The Kier molecular flexibility index (Phi) is 4.17. The molecule has 0 amide bonds. The van der Waals surface area contributed by atoms with E-state index in [1.165, 1.54) is 11.3 Å². The number of benzene rings is 1. The van der Waals surface area contributed by atoms with Crippen molar-refractivity contribution in [3.63, 3.8) is 0 Å². The molecule has 1 heterocycles. The smallest absolute Gasteiger partial charge is 0.160 e. The molecule has 2 rings (SSSR count). The highest BCUT2D eigenvalue weighted by atomic mass is 35.5. The zero-order chi connectivity index (χ0) is 13.4. The van der Waals surface area contributed by atoms with E-state index >= 15 is 0 Å². The molecule has 1 aromatic carbocycles. The van der Waals surface area contributed by atoms with Crippen molar-refractivity contribution in [1.29, 1.82) is 0 Å². The van der Waals surface area contributed by atoms with Gasteiger partial charge in [0.1, 0.15) is 0 Å². The molecule has 18 heavy (non-hydrogen) atoms. The predicted molar refractivity (Wildman–Crippen MR) is 73.1 cm³/mol. The van der Waals surface area contributed by atoms with Crippen molar-refractivity contribution >= 4 is 46.1 Å². The lowest BCUT2D eigenvalue weighted by molar-refractivity contribution is 0.507. The van der Waals surface area contributed by atoms with E-state index in [-0.39, 0.29) is 5.02 Å². The van der Waals surface area contributed by atoms with Gasteiger partial charge in [-0.15, -0.1) is 22.9 Å². The van der Waals surface area contributed by atoms with Crippen LogP contribution >= 0.6 is 46.1 Å². The quantitative estimate of drug-likeness (QED) is 0.471. The molecule has 0 aliphatic heterocycles. The summed E-state index contributed by atoms with van der Waals surface area (Å²) >= 11 is 19.6. The SMILES string of the molecule is Cc1csc(C(Cl)c2cc(F)c(F)cc2Cl)c1Cl. The van der Waals surface area contributed by atoms with Crippen molar-refractivity contribution < 1.29 is 8.78 Å². The molecule has 0 nitrogen and oxygen atoms in total. The summed E-state index contributed by atoms with van der Waals surface area (Å²) in [5.74, 6) is -1.98. The van der Waals surface area contributed by atoms with E-state index < -0.39 is 17.0 Å². The number of aryl methyl sites for hydroxylation is 1. The lowest BCUT2D eigenvalue weighted by Crippen LogP contribution is -1.96. The van der Waals surface area contributed by atoms with Crippen LogP contribution in [0.3, 0.4) is 0 Å². The summed E-state index contributed by atoms with van der Waals surface area (Å²) in [6.07, 6.45) is 0. The zero-order valence-electron chi connectivity index (χ0n) is 9.11. The number of hydrogen-bond acceptors (Lipinski definition) is 1. The summed E-state index contributed by atoms with van der Waals surface area (Å²) in [4.78, 5) is 0.670. The molecule has 1 aromatic heterocycles. The number of halogens is 5. The van der Waals surface area contributed by atoms with E-state index in [1.807, 2.05) is 12.3 Å². The van der Waals surface area contributed by atoms with Crippen molar-refractivity contribution in [3.8, 4) is 0 Å². The van der Waals surface area contributed by atoms with Gasteiger partial charge < -0.3 is 0 Å². The first-order chi connectivity index (χ1) is 8.41. The van der Waals surface area contributed by atoms with Crippen LogP contribution in [0.25, 0.3) is 0 Å². The summed E-state index contributed by atoms with van der Waals surface area (Å²) in [6.45, 7) is 1.85. The Bertz CT molecular complexity index is 595. The van der Waals surface area contributed by atoms with E-state index in [0.29, 0.717) is 15.5 Å². The van der Waals surface area contributed by atoms with Crippen LogP contribution in [0.5, 0.6) is 0 Å². The summed E-state index contributed by atoms with van der Waals surface area (Å²) in [6, 6.07) is 1.91. The molecular formula is C12H7Cl3F2S. The van der Waals surface area contributed by atoms with Crippen molar-refractivity contribution in [2.24, 2.45) is 0 Å². The fraction of sp³-hybridized carbons (Fsp3) is 0.167. The molecule has 1 unspecified atom stereocenters. The van der Waals surface area contributed by atoms with Crippen LogP contribution in [0.15, 0.2) is 17.5 Å². The minimum Gasteiger partial charge on any atom is -0.204 e. The lowest BCUT2D eigenvalue weighted by atomic mass is 10.1. The molecule has 0 saturated heterocycles. The molecule has 0 saturated carbocycles. The van der Waals surface area contributed by atoms with Gasteiger partial charge in [-0.1, -0.05) is 23.2 Å². The van der Waals surface area contributed by atoms with Crippen LogP contribution in [0.4, 0.5) is 8.78 Å². The normalized spacial score (nSPS) is 12.8. The zero-order valence-corrected chi connectivity index (χ0v) is 12.2. The number of hydrogen-bond donors (Lipinski definition) is 0. The maximum absolute atomic E-state index is 13.2. The molecule has 0 spiro atoms. The van der Waals surface area contributed by atoms with Crippen LogP contribution in [-0.2, 0) is 0 Å². The number of rotatable bonds is 2. The van der Waals surface area contributed by atoms with E-state index in [9.17, 15) is 8.78 Å². The second-order valence-electron chi connectivity index (χ2n) is 3.75. The first kappa shape index (κ1) is 14.1. The van der Waals surface area contributed by atoms with Gasteiger partial charge in [-0.3, -0.25) is 0 Å². The molecule has 6 heteroatoms. The monoisotopic (exact) mass is 326 g/mol. The van der Waals surface area contributed by atoms with E-state index in [2.05, 4.69) is 0 Å². The van der Waals surface area contributed by atoms with E-state index in [0.717, 1.165) is 17.7 Å². The molecule has 2 aromatic rings. The van der Waals surface area contributed by atoms with Gasteiger partial charge in [0, 0.05) is 9.90 Å². The summed E-state index contributed by atoms with van der Waals surface area (Å²) < 4.78 is 26.2. The fourth-order valence-electron chi connectivity index (χ4n) is 1.49. The summed E-state index contributed by atoms with van der Waals surface area (Å²) in [5.41, 5.74) is 1.20. The summed E-state index contributed by atoms with van der Waals surface area (Å²) in [7, 11) is 0. The second kappa shape index (κ2) is 5.33. The number of alkyl halides is 1. The molecule has 0 aliphatic carbocycles. The van der Waals surface area contributed by atoms with Crippen LogP contribution in [-0.4, -0.2) is 0 Å². The maximum atomic E-state index is 13.2. The van der Waals surface area contributed by atoms with Crippen molar-refractivity contribution in [2.75, 3.05) is 0 Å². The second-order valence-corrected chi connectivity index (χ2v) is 5.88. The molecular weight excluding hydrogens is 321 g/mol. The van der Waals surface area contributed by atoms with Gasteiger partial charge >= 0.3 is 0 Å². The Morgan fingerprint density at radius 1 is 1.17 bits per heavy atom. The van der Waals surface area contributed by atoms with Crippen LogP contribution in [0.2, 0.25) is 10.0 Å². The molecule has 0 bridgehead atoms. The Hall–Kier alpha value is -0.350. The highest BCUT2D eigenvalue weighted by Gasteiger charge is 2.21. The third-order valence-electron chi connectivity index (χ3n) is 2.47. The molecule has 0 aliphatic rings. The van der Waals surface area contributed by atoms with Crippen LogP contribution in [0.1, 0.15) is 21.4 Å². The minimum absolute atomic E-state index is 0.0796. The van der Waals surface area contributed by atoms with Gasteiger partial charge in [-0.25, -0.2) is 8.78 Å². The molecule has 0 N–H and O–H groups in total. The Morgan fingerprint density at radius 2 is 1.78 bits per heavy atom. The molecule has 1 atom stereocenters. The Labute approximate surface area is 122 Å². The third kappa shape index (κ3) is 2.50. The van der Waals surface area contributed by atoms with Crippen molar-refractivity contribution in [1.82, 2.24) is 0 Å². The average molecular weight is 328 g/mol. The topological polar surface area (TPSA) is 0 Å². The van der Waals surface area contributed by atoms with Gasteiger partial charge in [0.15, 0.2) is 11.6 Å². The molecule has 96 valence electrons. The number of thiophene rings is 1. The van der Waals surface area contributed by atoms with Gasteiger partial charge in [-0.2, -0.15) is 0 Å². The van der Waals surface area contributed by atoms with Crippen LogP contribution < -0.4 is 0 Å². The first-order valence-corrected chi connectivity index (χ1v) is 7.01. The third-order valence-corrected chi connectivity index (χ3v) is 5.16. The first-order valence-electron chi connectivity index (χ1n) is 4.93. The maximum Gasteiger partial charge on any atom is 0.160 e. The Balaban J connectivity index is 2.49. The van der Waals surface area contributed by atoms with Crippen molar-refractivity contribution in [3.05, 3.63) is 55.2 Å². The van der Waals surface area contributed by atoms with E-state index in [1.54, 1.807) is 0 Å². The van der Waals surface area contributed by atoms with E-state index in [4.69, 9.17) is 34.8 Å². The molecule has 0 fully saturated rings. The molecule has 0 radical (unpaired) electrons. The van der Waals surface area contributed by atoms with Crippen LogP contribution in [0, 0.1) is 18.6 Å². The minimum atomic E-state index is -0.999. The van der Waals surface area contributed by atoms with Gasteiger partial charge in [-0.05, 0) is 35.6 Å². The fourth-order valence-corrected chi connectivity index (χ4v) is 3.60.